The van der Waals surface area contributed by atoms with Gasteiger partial charge in [-0.15, -0.1) is 0 Å². The quantitative estimate of drug-likeness (QED) is 0.260. The number of methoxy groups -OCH3 is 1. The summed E-state index contributed by atoms with van der Waals surface area (Å²) in [5.41, 5.74) is -0.0346. The van der Waals surface area contributed by atoms with Crippen LogP contribution in [0.3, 0.4) is 0 Å². The molecule has 10 nitrogen and oxygen atoms in total. The lowest BCUT2D eigenvalue weighted by Crippen LogP contribution is -2.61. The Hall–Kier alpha value is -1.01. The minimum atomic E-state index is -0.532. The Bertz CT molecular complexity index is 1010. The molecule has 0 aromatic carbocycles. The van der Waals surface area contributed by atoms with Gasteiger partial charge in [-0.3, -0.25) is 0 Å². The number of ether oxygens (including phenoxy) is 9. The molecule has 0 bridgehead atoms. The van der Waals surface area contributed by atoms with E-state index in [1.807, 2.05) is 34.6 Å². The Kier molecular flexibility index (Phi) is 16.1. The van der Waals surface area contributed by atoms with Crippen molar-refractivity contribution in [1.82, 2.24) is 0 Å². The maximum Gasteiger partial charge on any atom is 0.508 e. The third-order valence-corrected chi connectivity index (χ3v) is 10.9. The smallest absolute Gasteiger partial charge is 0.438 e. The van der Waals surface area contributed by atoms with E-state index in [-0.39, 0.29) is 40.3 Å². The molecule has 8 fully saturated rings. The van der Waals surface area contributed by atoms with Crippen LogP contribution in [-0.2, 0) is 42.6 Å². The minimum Gasteiger partial charge on any atom is -0.438 e. The highest BCUT2D eigenvalue weighted by atomic mass is 16.9. The van der Waals surface area contributed by atoms with Crippen LogP contribution >= 0.6 is 0 Å². The van der Waals surface area contributed by atoms with Crippen LogP contribution in [0.15, 0.2) is 0 Å². The first-order valence-corrected chi connectivity index (χ1v) is 20.5. The van der Waals surface area contributed by atoms with Crippen molar-refractivity contribution < 1.29 is 47.4 Å². The SMILES string of the molecule is CC1CCCCO1.CCC.CCC1(C)OC(C)(C)O1.CCC1(C)OC2(CCCC2)O1.CCC1(C)OC2(CCCCC2)O1.COC(=O)OC12CC1C2. The summed E-state index contributed by atoms with van der Waals surface area (Å²) in [6, 6.07) is 0. The molecular formula is C41H76O10. The van der Waals surface area contributed by atoms with Crippen LogP contribution in [0.4, 0.5) is 4.79 Å². The maximum absolute atomic E-state index is 10.4. The summed E-state index contributed by atoms with van der Waals surface area (Å²) in [5, 5.41) is 0. The van der Waals surface area contributed by atoms with Crippen LogP contribution in [0.25, 0.3) is 0 Å². The lowest BCUT2D eigenvalue weighted by atomic mass is 9.91. The van der Waals surface area contributed by atoms with Gasteiger partial charge in [0.1, 0.15) is 5.60 Å². The molecule has 4 saturated heterocycles. The average molecular weight is 729 g/mol. The first kappa shape index (κ1) is 44.4. The first-order chi connectivity index (χ1) is 23.9. The summed E-state index contributed by atoms with van der Waals surface area (Å²) in [5.74, 6) is -0.805. The molecular weight excluding hydrogens is 652 g/mol. The third kappa shape index (κ3) is 13.4. The van der Waals surface area contributed by atoms with Crippen molar-refractivity contribution in [3.8, 4) is 0 Å². The van der Waals surface area contributed by atoms with Gasteiger partial charge in [0.25, 0.3) is 0 Å². The Morgan fingerprint density at radius 3 is 1.27 bits per heavy atom. The molecule has 0 amide bonds. The molecule has 8 aliphatic rings. The van der Waals surface area contributed by atoms with Crippen LogP contribution in [0.1, 0.15) is 192 Å². The minimum absolute atomic E-state index is 0.0346. The number of carbonyl (C=O) groups is 1. The van der Waals surface area contributed by atoms with Crippen molar-refractivity contribution in [2.45, 2.75) is 238 Å². The van der Waals surface area contributed by atoms with E-state index in [1.54, 1.807) is 0 Å². The molecule has 300 valence electrons. The van der Waals surface area contributed by atoms with Crippen LogP contribution in [0.5, 0.6) is 0 Å². The van der Waals surface area contributed by atoms with Gasteiger partial charge in [-0.1, -0.05) is 47.5 Å². The molecule has 10 heteroatoms. The zero-order valence-corrected chi connectivity index (χ0v) is 34.7. The van der Waals surface area contributed by atoms with Gasteiger partial charge in [-0.05, 0) is 119 Å². The van der Waals surface area contributed by atoms with Crippen LogP contribution < -0.4 is 0 Å². The van der Waals surface area contributed by atoms with Crippen molar-refractivity contribution in [2.24, 2.45) is 5.92 Å². The van der Waals surface area contributed by atoms with Crippen LogP contribution in [-0.4, -0.2) is 66.3 Å². The molecule has 51 heavy (non-hydrogen) atoms. The lowest BCUT2D eigenvalue weighted by molar-refractivity contribution is -0.510. The maximum atomic E-state index is 10.4. The first-order valence-electron chi connectivity index (χ1n) is 20.5. The fraction of sp³-hybridized carbons (Fsp3) is 0.976. The van der Waals surface area contributed by atoms with Gasteiger partial charge in [0.2, 0.25) is 0 Å². The molecule has 4 saturated carbocycles. The molecule has 0 aromatic heterocycles. The fourth-order valence-electron chi connectivity index (χ4n) is 7.41. The monoisotopic (exact) mass is 729 g/mol. The molecule has 1 unspecified atom stereocenters. The lowest BCUT2D eigenvalue weighted by Gasteiger charge is -2.55. The second kappa shape index (κ2) is 18.5. The van der Waals surface area contributed by atoms with Gasteiger partial charge in [0.15, 0.2) is 34.7 Å². The number of hydrogen-bond donors (Lipinski definition) is 0. The van der Waals surface area contributed by atoms with Crippen molar-refractivity contribution >= 4 is 6.16 Å². The molecule has 4 aliphatic carbocycles. The Balaban J connectivity index is 0.000000170. The zero-order valence-electron chi connectivity index (χ0n) is 34.7. The van der Waals surface area contributed by atoms with Crippen molar-refractivity contribution in [3.05, 3.63) is 0 Å². The van der Waals surface area contributed by atoms with Crippen molar-refractivity contribution in [2.75, 3.05) is 13.7 Å². The van der Waals surface area contributed by atoms with Gasteiger partial charge in [-0.25, -0.2) is 4.79 Å². The van der Waals surface area contributed by atoms with Gasteiger partial charge in [0.05, 0.1) is 13.2 Å². The van der Waals surface area contributed by atoms with E-state index >= 15 is 0 Å². The summed E-state index contributed by atoms with van der Waals surface area (Å²) < 4.78 is 48.8. The van der Waals surface area contributed by atoms with Gasteiger partial charge < -0.3 is 42.6 Å². The summed E-state index contributed by atoms with van der Waals surface area (Å²) >= 11 is 0. The second-order valence-electron chi connectivity index (χ2n) is 16.7. The van der Waals surface area contributed by atoms with E-state index in [0.29, 0.717) is 12.0 Å². The van der Waals surface area contributed by atoms with Gasteiger partial charge >= 0.3 is 6.16 Å². The molecule has 8 rings (SSSR count). The fourth-order valence-corrected chi connectivity index (χ4v) is 7.41. The standard InChI is InChI=1S/C10H18O2.C9H16O2.C7H14O2.C6H8O3.C6H12O.C3H8/c1-3-9(2)11-10(12-9)7-5-4-6-8-10;1-3-8(2)10-9(11-8)6-4-5-7-9;1-5-7(4)8-6(2,3)9-7;1-8-5(7)9-6-2-4(6)3-6;1-6-4-2-3-5-7-6;1-3-2/h3-8H2,1-2H3;3-7H2,1-2H3;5H2,1-4H3;4H,2-3H2,1H3;6H,2-5H2,1H3;3H2,1-2H3. The Morgan fingerprint density at radius 1 is 0.627 bits per heavy atom. The Morgan fingerprint density at radius 2 is 1.02 bits per heavy atom. The highest BCUT2D eigenvalue weighted by Gasteiger charge is 2.74. The summed E-state index contributed by atoms with van der Waals surface area (Å²) in [4.78, 5) is 10.4. The molecule has 1 atom stereocenters. The van der Waals surface area contributed by atoms with E-state index in [4.69, 9.17) is 37.9 Å². The number of rotatable bonds is 4. The molecule has 4 heterocycles. The van der Waals surface area contributed by atoms with Crippen LogP contribution in [0.2, 0.25) is 0 Å². The summed E-state index contributed by atoms with van der Waals surface area (Å²) in [6.07, 6.45) is 20.9. The average Bonchev–Trinajstić information content (AvgIpc) is 3.85. The van der Waals surface area contributed by atoms with E-state index in [9.17, 15) is 4.79 Å². The largest absolute Gasteiger partial charge is 0.508 e. The van der Waals surface area contributed by atoms with E-state index < -0.39 is 6.16 Å². The van der Waals surface area contributed by atoms with Gasteiger partial charge in [0, 0.05) is 38.2 Å². The van der Waals surface area contributed by atoms with E-state index in [1.165, 1.54) is 64.9 Å². The highest BCUT2D eigenvalue weighted by Crippen LogP contribution is 2.69. The van der Waals surface area contributed by atoms with Crippen molar-refractivity contribution in [3.63, 3.8) is 0 Å². The number of fused-ring (bicyclic) bond motifs is 1. The summed E-state index contributed by atoms with van der Waals surface area (Å²) in [7, 11) is 1.33. The Labute approximate surface area is 311 Å². The van der Waals surface area contributed by atoms with Gasteiger partial charge in [-0.2, -0.15) is 0 Å². The van der Waals surface area contributed by atoms with E-state index in [2.05, 4.69) is 46.3 Å². The second-order valence-corrected chi connectivity index (χ2v) is 16.7. The molecule has 0 radical (unpaired) electrons. The van der Waals surface area contributed by atoms with Crippen molar-refractivity contribution in [1.29, 1.82) is 0 Å². The number of carbonyl (C=O) groups excluding carboxylic acids is 1. The summed E-state index contributed by atoms with van der Waals surface area (Å²) in [6.45, 7) is 23.5. The molecule has 2 spiro atoms. The predicted molar refractivity (Wildman–Crippen MR) is 198 cm³/mol. The topological polar surface area (TPSA) is 100 Å². The number of hydrogen-bond acceptors (Lipinski definition) is 10. The molecule has 0 aromatic rings. The zero-order chi connectivity index (χ0) is 38.0. The predicted octanol–water partition coefficient (Wildman–Crippen LogP) is 11.1. The molecule has 0 N–H and O–H groups in total. The van der Waals surface area contributed by atoms with Crippen LogP contribution in [0, 0.1) is 5.92 Å². The molecule has 4 aliphatic heterocycles. The highest BCUT2D eigenvalue weighted by molar-refractivity contribution is 5.62. The van der Waals surface area contributed by atoms with E-state index in [0.717, 1.165) is 64.4 Å². The normalized spacial score (nSPS) is 35.8. The third-order valence-electron chi connectivity index (χ3n) is 10.9.